The second kappa shape index (κ2) is 12.0. The zero-order chi connectivity index (χ0) is 23.8. The molecule has 0 heterocycles. The monoisotopic (exact) mass is 452 g/mol. The second-order valence-corrected chi connectivity index (χ2v) is 9.87. The van der Waals surface area contributed by atoms with E-state index in [1.165, 1.54) is 68.9 Å². The molecule has 4 rings (SSSR count). The van der Waals surface area contributed by atoms with Crippen LogP contribution >= 0.6 is 0 Å². The van der Waals surface area contributed by atoms with Gasteiger partial charge >= 0.3 is 0 Å². The number of benzene rings is 3. The third kappa shape index (κ3) is 6.18. The Morgan fingerprint density at radius 2 is 1.65 bits per heavy atom. The van der Waals surface area contributed by atoms with Gasteiger partial charge in [-0.3, -0.25) is 0 Å². The Morgan fingerprint density at radius 1 is 0.882 bits per heavy atom. The van der Waals surface area contributed by atoms with Crippen LogP contribution in [-0.4, -0.2) is 0 Å². The highest BCUT2D eigenvalue weighted by atomic mass is 19.1. The van der Waals surface area contributed by atoms with E-state index in [9.17, 15) is 0 Å². The normalized spacial score (nSPS) is 17.8. The third-order valence-electron chi connectivity index (χ3n) is 7.42. The van der Waals surface area contributed by atoms with E-state index < -0.39 is 0 Å². The standard InChI is InChI=1S/C33H37F/c1-3-5-6-7-8-9-27-15-23-32-31(24-27)22-21-30(33(32)34)20-14-26-12-18-29(19-13-26)28-16-10-25(4-2)11-17-28/h4,12-13,15,18-19,21-25,28H,2-3,5-11,16-17H2,1H3. The molecule has 0 nitrogen and oxygen atoms in total. The fourth-order valence-electron chi connectivity index (χ4n) is 5.19. The van der Waals surface area contributed by atoms with Crippen molar-refractivity contribution in [2.45, 2.75) is 77.0 Å². The molecule has 34 heavy (non-hydrogen) atoms. The van der Waals surface area contributed by atoms with E-state index in [1.807, 2.05) is 18.2 Å². The molecule has 1 heteroatoms. The fraction of sp³-hybridized carbons (Fsp3) is 0.394. The van der Waals surface area contributed by atoms with Gasteiger partial charge in [0.1, 0.15) is 5.82 Å². The van der Waals surface area contributed by atoms with Gasteiger partial charge in [0, 0.05) is 10.9 Å². The molecule has 1 saturated carbocycles. The van der Waals surface area contributed by atoms with Crippen LogP contribution in [-0.2, 0) is 6.42 Å². The molecule has 1 aliphatic carbocycles. The van der Waals surface area contributed by atoms with Crippen molar-refractivity contribution in [1.29, 1.82) is 0 Å². The van der Waals surface area contributed by atoms with Crippen LogP contribution in [0.25, 0.3) is 10.8 Å². The Hall–Kier alpha value is -2.85. The molecule has 3 aromatic rings. The summed E-state index contributed by atoms with van der Waals surface area (Å²) in [6.45, 7) is 6.18. The van der Waals surface area contributed by atoms with Gasteiger partial charge in [-0.1, -0.05) is 86.9 Å². The molecule has 1 aliphatic rings. The average molecular weight is 453 g/mol. The number of allylic oxidation sites excluding steroid dienone is 1. The Balaban J connectivity index is 1.41. The summed E-state index contributed by atoms with van der Waals surface area (Å²) in [5.41, 5.74) is 4.08. The molecular weight excluding hydrogens is 415 g/mol. The quantitative estimate of drug-likeness (QED) is 0.181. The minimum absolute atomic E-state index is 0.213. The Labute approximate surface area is 205 Å². The molecule has 0 aliphatic heterocycles. The smallest absolute Gasteiger partial charge is 0.146 e. The minimum Gasteiger partial charge on any atom is -0.205 e. The lowest BCUT2D eigenvalue weighted by atomic mass is 9.79. The lowest BCUT2D eigenvalue weighted by Gasteiger charge is -2.26. The molecular formula is C33H37F. The summed E-state index contributed by atoms with van der Waals surface area (Å²) in [6, 6.07) is 18.5. The van der Waals surface area contributed by atoms with Crippen LogP contribution in [0.2, 0.25) is 0 Å². The lowest BCUT2D eigenvalue weighted by Crippen LogP contribution is -2.11. The summed E-state index contributed by atoms with van der Waals surface area (Å²) < 4.78 is 15.2. The third-order valence-corrected chi connectivity index (χ3v) is 7.42. The molecule has 1 fully saturated rings. The molecule has 0 spiro atoms. The first-order valence-corrected chi connectivity index (χ1v) is 13.1. The van der Waals surface area contributed by atoms with E-state index in [1.54, 1.807) is 0 Å². The first-order valence-electron chi connectivity index (χ1n) is 13.1. The van der Waals surface area contributed by atoms with Crippen LogP contribution in [0.3, 0.4) is 0 Å². The SMILES string of the molecule is C=CC1CCC(c2ccc(C#Cc3ccc4cc(CCCCCCC)ccc4c3F)cc2)CC1. The lowest BCUT2D eigenvalue weighted by molar-refractivity contribution is 0.376. The number of halogens is 1. The first kappa shape index (κ1) is 24.3. The van der Waals surface area contributed by atoms with Crippen LogP contribution in [0.1, 0.15) is 92.9 Å². The van der Waals surface area contributed by atoms with Crippen LogP contribution in [0.4, 0.5) is 4.39 Å². The van der Waals surface area contributed by atoms with Crippen molar-refractivity contribution in [2.75, 3.05) is 0 Å². The van der Waals surface area contributed by atoms with Gasteiger partial charge < -0.3 is 0 Å². The fourth-order valence-corrected chi connectivity index (χ4v) is 5.19. The van der Waals surface area contributed by atoms with Gasteiger partial charge in [-0.25, -0.2) is 4.39 Å². The number of hydrogen-bond donors (Lipinski definition) is 0. The van der Waals surface area contributed by atoms with E-state index >= 15 is 4.39 Å². The highest BCUT2D eigenvalue weighted by molar-refractivity contribution is 5.85. The number of aryl methyl sites for hydroxylation is 1. The number of fused-ring (bicyclic) bond motifs is 1. The van der Waals surface area contributed by atoms with Gasteiger partial charge in [-0.05, 0) is 85.1 Å². The summed E-state index contributed by atoms with van der Waals surface area (Å²) in [6.07, 6.45) is 14.4. The van der Waals surface area contributed by atoms with E-state index in [2.05, 4.69) is 67.8 Å². The maximum Gasteiger partial charge on any atom is 0.146 e. The number of hydrogen-bond acceptors (Lipinski definition) is 0. The maximum absolute atomic E-state index is 15.2. The summed E-state index contributed by atoms with van der Waals surface area (Å²) >= 11 is 0. The van der Waals surface area contributed by atoms with Crippen LogP contribution in [0, 0.1) is 23.6 Å². The molecule has 176 valence electrons. The van der Waals surface area contributed by atoms with Gasteiger partial charge in [0.25, 0.3) is 0 Å². The van der Waals surface area contributed by atoms with Crippen molar-refractivity contribution in [3.63, 3.8) is 0 Å². The molecule has 3 aromatic carbocycles. The van der Waals surface area contributed by atoms with Gasteiger partial charge in [0.05, 0.1) is 5.56 Å². The Kier molecular flexibility index (Phi) is 8.59. The Bertz CT molecular complexity index is 1150. The zero-order valence-corrected chi connectivity index (χ0v) is 20.6. The van der Waals surface area contributed by atoms with Crippen molar-refractivity contribution >= 4 is 10.8 Å². The highest BCUT2D eigenvalue weighted by Crippen LogP contribution is 2.36. The van der Waals surface area contributed by atoms with E-state index in [4.69, 9.17) is 0 Å². The second-order valence-electron chi connectivity index (χ2n) is 9.87. The van der Waals surface area contributed by atoms with Crippen molar-refractivity contribution in [3.05, 3.63) is 95.3 Å². The molecule has 0 amide bonds. The molecule has 0 bridgehead atoms. The van der Waals surface area contributed by atoms with Crippen LogP contribution < -0.4 is 0 Å². The van der Waals surface area contributed by atoms with Gasteiger partial charge in [-0.2, -0.15) is 0 Å². The van der Waals surface area contributed by atoms with Gasteiger partial charge in [0.15, 0.2) is 0 Å². The van der Waals surface area contributed by atoms with E-state index in [-0.39, 0.29) is 5.82 Å². The van der Waals surface area contributed by atoms with Crippen molar-refractivity contribution in [1.82, 2.24) is 0 Å². The molecule has 0 N–H and O–H groups in total. The van der Waals surface area contributed by atoms with Gasteiger partial charge in [0.2, 0.25) is 0 Å². The first-order chi connectivity index (χ1) is 16.7. The molecule has 0 atom stereocenters. The predicted molar refractivity (Wildman–Crippen MR) is 144 cm³/mol. The van der Waals surface area contributed by atoms with Crippen LogP contribution in [0.5, 0.6) is 0 Å². The van der Waals surface area contributed by atoms with Crippen LogP contribution in [0.15, 0.2) is 67.3 Å². The molecule has 0 saturated heterocycles. The molecule has 0 radical (unpaired) electrons. The van der Waals surface area contributed by atoms with Crippen molar-refractivity contribution in [3.8, 4) is 11.8 Å². The van der Waals surface area contributed by atoms with E-state index in [0.29, 0.717) is 22.8 Å². The summed E-state index contributed by atoms with van der Waals surface area (Å²) in [5.74, 6) is 7.34. The largest absolute Gasteiger partial charge is 0.205 e. The Morgan fingerprint density at radius 3 is 2.38 bits per heavy atom. The number of unbranched alkanes of at least 4 members (excludes halogenated alkanes) is 4. The van der Waals surface area contributed by atoms with Crippen molar-refractivity contribution in [2.24, 2.45) is 5.92 Å². The number of rotatable bonds is 8. The predicted octanol–water partition coefficient (Wildman–Crippen LogP) is 9.35. The molecule has 0 aromatic heterocycles. The minimum atomic E-state index is -0.213. The summed E-state index contributed by atoms with van der Waals surface area (Å²) in [4.78, 5) is 0. The topological polar surface area (TPSA) is 0 Å². The average Bonchev–Trinajstić information content (AvgIpc) is 2.88. The maximum atomic E-state index is 15.2. The van der Waals surface area contributed by atoms with Crippen molar-refractivity contribution < 1.29 is 4.39 Å². The van der Waals surface area contributed by atoms with E-state index in [0.717, 1.165) is 17.4 Å². The highest BCUT2D eigenvalue weighted by Gasteiger charge is 2.20. The van der Waals surface area contributed by atoms with Gasteiger partial charge in [-0.15, -0.1) is 6.58 Å². The zero-order valence-electron chi connectivity index (χ0n) is 20.6. The molecule has 0 unspecified atom stereocenters. The summed E-state index contributed by atoms with van der Waals surface area (Å²) in [7, 11) is 0. The summed E-state index contributed by atoms with van der Waals surface area (Å²) in [5, 5.41) is 1.62.